The molecule has 0 aliphatic carbocycles. The van der Waals surface area contributed by atoms with E-state index in [1.165, 1.54) is 18.6 Å². The molecule has 2 aliphatic rings. The van der Waals surface area contributed by atoms with E-state index in [2.05, 4.69) is 10.6 Å². The highest BCUT2D eigenvalue weighted by atomic mass is 32.2. The molecular formula is C19H36N4O3S. The van der Waals surface area contributed by atoms with E-state index < -0.39 is 0 Å². The normalized spacial score (nSPS) is 26.0. The van der Waals surface area contributed by atoms with Crippen LogP contribution in [0.2, 0.25) is 0 Å². The monoisotopic (exact) mass is 400 g/mol. The van der Waals surface area contributed by atoms with E-state index in [9.17, 15) is 4.79 Å². The van der Waals surface area contributed by atoms with Crippen molar-refractivity contribution in [3.05, 3.63) is 0 Å². The number of rotatable bonds is 9. The second-order valence-corrected chi connectivity index (χ2v) is 8.98. The Labute approximate surface area is 168 Å². The van der Waals surface area contributed by atoms with Crippen LogP contribution in [0.3, 0.4) is 0 Å². The predicted octanol–water partition coefficient (Wildman–Crippen LogP) is 1.48. The van der Waals surface area contributed by atoms with Gasteiger partial charge < -0.3 is 25.0 Å². The Balaban J connectivity index is 1.92. The van der Waals surface area contributed by atoms with Crippen LogP contribution in [-0.2, 0) is 14.3 Å². The van der Waals surface area contributed by atoms with E-state index in [1.807, 2.05) is 11.8 Å². The van der Waals surface area contributed by atoms with Gasteiger partial charge in [-0.1, -0.05) is 0 Å². The summed E-state index contributed by atoms with van der Waals surface area (Å²) in [6, 6.07) is 0. The number of hydrogen-bond acceptors (Lipinski definition) is 5. The molecule has 1 amide bonds. The summed E-state index contributed by atoms with van der Waals surface area (Å²) in [5, 5.41) is 7.41. The van der Waals surface area contributed by atoms with Gasteiger partial charge in [0.15, 0.2) is 5.96 Å². The molecule has 2 fully saturated rings. The summed E-state index contributed by atoms with van der Waals surface area (Å²) in [5.74, 6) is 2.12. The molecule has 27 heavy (non-hydrogen) atoms. The van der Waals surface area contributed by atoms with Crippen LogP contribution < -0.4 is 10.6 Å². The molecule has 2 unspecified atom stereocenters. The molecule has 2 saturated heterocycles. The number of ether oxygens (including phenoxy) is 2. The summed E-state index contributed by atoms with van der Waals surface area (Å²) in [5.41, 5.74) is -0.330. The van der Waals surface area contributed by atoms with Crippen molar-refractivity contribution >= 4 is 23.6 Å². The standard InChI is InChI=1S/C19H36N4O3S/c1-23(2)17(24)8-10-20-18(21-13-16-7-6-12-27-16)22-14-19(15-25-3)9-4-5-11-26-19/h16H,4-15H2,1-3H3,(H2,20,21,22). The van der Waals surface area contributed by atoms with E-state index in [4.69, 9.17) is 14.5 Å². The smallest absolute Gasteiger partial charge is 0.223 e. The topological polar surface area (TPSA) is 75.2 Å². The first-order chi connectivity index (χ1) is 13.0. The van der Waals surface area contributed by atoms with Crippen molar-refractivity contribution in [3.63, 3.8) is 0 Å². The fourth-order valence-corrected chi connectivity index (χ4v) is 4.58. The number of methoxy groups -OCH3 is 1. The van der Waals surface area contributed by atoms with Crippen LogP contribution in [0.5, 0.6) is 0 Å². The molecule has 2 rings (SSSR count). The van der Waals surface area contributed by atoms with Crippen LogP contribution in [-0.4, -0.2) is 87.4 Å². The van der Waals surface area contributed by atoms with Crippen molar-refractivity contribution in [2.45, 2.75) is 49.4 Å². The van der Waals surface area contributed by atoms with E-state index in [-0.39, 0.29) is 11.5 Å². The summed E-state index contributed by atoms with van der Waals surface area (Å²) in [4.78, 5) is 18.2. The zero-order chi connectivity index (χ0) is 19.5. The molecule has 0 aromatic heterocycles. The molecule has 0 aromatic rings. The quantitative estimate of drug-likeness (QED) is 0.451. The Morgan fingerprint density at radius 2 is 2.19 bits per heavy atom. The molecule has 2 aliphatic heterocycles. The van der Waals surface area contributed by atoms with Crippen LogP contribution in [0.25, 0.3) is 0 Å². The lowest BCUT2D eigenvalue weighted by Gasteiger charge is -2.35. The lowest BCUT2D eigenvalue weighted by molar-refractivity contribution is -0.128. The minimum absolute atomic E-state index is 0.111. The maximum atomic E-state index is 11.8. The third-order valence-corrected chi connectivity index (χ3v) is 6.42. The number of hydrogen-bond donors (Lipinski definition) is 2. The molecule has 0 saturated carbocycles. The largest absolute Gasteiger partial charge is 0.382 e. The summed E-state index contributed by atoms with van der Waals surface area (Å²) < 4.78 is 11.5. The Morgan fingerprint density at radius 3 is 2.81 bits per heavy atom. The lowest BCUT2D eigenvalue weighted by Crippen LogP contribution is -2.46. The maximum absolute atomic E-state index is 11.8. The molecular weight excluding hydrogens is 364 g/mol. The van der Waals surface area contributed by atoms with E-state index in [0.717, 1.165) is 38.4 Å². The van der Waals surface area contributed by atoms with Gasteiger partial charge in [0, 0.05) is 52.6 Å². The van der Waals surface area contributed by atoms with Crippen molar-refractivity contribution in [1.82, 2.24) is 15.5 Å². The molecule has 0 bridgehead atoms. The maximum Gasteiger partial charge on any atom is 0.223 e. The number of nitrogens with one attached hydrogen (secondary N) is 2. The molecule has 0 aromatic carbocycles. The molecule has 2 N–H and O–H groups in total. The van der Waals surface area contributed by atoms with Gasteiger partial charge in [-0.15, -0.1) is 0 Å². The fraction of sp³-hybridized carbons (Fsp3) is 0.895. The average molecular weight is 401 g/mol. The molecule has 0 spiro atoms. The Kier molecular flexibility index (Phi) is 9.72. The Bertz CT molecular complexity index is 470. The zero-order valence-corrected chi connectivity index (χ0v) is 17.9. The second kappa shape index (κ2) is 11.8. The van der Waals surface area contributed by atoms with Crippen LogP contribution in [0, 0.1) is 0 Å². The van der Waals surface area contributed by atoms with Crippen LogP contribution in [0.1, 0.15) is 38.5 Å². The average Bonchev–Trinajstić information content (AvgIpc) is 3.18. The van der Waals surface area contributed by atoms with Gasteiger partial charge in [0.25, 0.3) is 0 Å². The minimum Gasteiger partial charge on any atom is -0.382 e. The molecule has 0 radical (unpaired) electrons. The molecule has 7 nitrogen and oxygen atoms in total. The SMILES string of the molecule is COCC1(CN=C(NCCC(=O)N(C)C)NCC2CCCS2)CCCCO1. The van der Waals surface area contributed by atoms with Gasteiger partial charge >= 0.3 is 0 Å². The molecule has 2 atom stereocenters. The number of nitrogens with zero attached hydrogens (tertiary/aromatic N) is 2. The van der Waals surface area contributed by atoms with Crippen molar-refractivity contribution < 1.29 is 14.3 Å². The van der Waals surface area contributed by atoms with Gasteiger partial charge in [-0.05, 0) is 37.9 Å². The van der Waals surface area contributed by atoms with Crippen molar-refractivity contribution in [2.75, 3.05) is 59.8 Å². The summed E-state index contributed by atoms with van der Waals surface area (Å²) in [6.07, 6.45) is 6.20. The summed E-state index contributed by atoms with van der Waals surface area (Å²) in [6.45, 7) is 3.36. The van der Waals surface area contributed by atoms with Crippen molar-refractivity contribution in [3.8, 4) is 0 Å². The first-order valence-electron chi connectivity index (χ1n) is 10.0. The summed E-state index contributed by atoms with van der Waals surface area (Å²) >= 11 is 2.02. The van der Waals surface area contributed by atoms with Gasteiger partial charge in [-0.25, -0.2) is 0 Å². The fourth-order valence-electron chi connectivity index (χ4n) is 3.38. The number of aliphatic imine (C=N–C) groups is 1. The number of carbonyl (C=O) groups excluding carboxylic acids is 1. The Morgan fingerprint density at radius 1 is 1.33 bits per heavy atom. The summed E-state index contributed by atoms with van der Waals surface area (Å²) in [7, 11) is 5.27. The van der Waals surface area contributed by atoms with Crippen molar-refractivity contribution in [1.29, 1.82) is 0 Å². The van der Waals surface area contributed by atoms with Gasteiger partial charge in [-0.2, -0.15) is 11.8 Å². The van der Waals surface area contributed by atoms with Gasteiger partial charge in [0.1, 0.15) is 5.60 Å². The second-order valence-electron chi connectivity index (χ2n) is 7.57. The number of guanidine groups is 1. The number of amides is 1. The van der Waals surface area contributed by atoms with Crippen LogP contribution in [0.4, 0.5) is 0 Å². The molecule has 156 valence electrons. The number of carbonyl (C=O) groups is 1. The van der Waals surface area contributed by atoms with Crippen LogP contribution >= 0.6 is 11.8 Å². The highest BCUT2D eigenvalue weighted by Gasteiger charge is 2.33. The predicted molar refractivity (Wildman–Crippen MR) is 112 cm³/mol. The Hall–Kier alpha value is -0.990. The van der Waals surface area contributed by atoms with Gasteiger partial charge in [0.2, 0.25) is 5.91 Å². The van der Waals surface area contributed by atoms with E-state index >= 15 is 0 Å². The first-order valence-corrected chi connectivity index (χ1v) is 11.1. The van der Waals surface area contributed by atoms with Gasteiger partial charge in [-0.3, -0.25) is 9.79 Å². The number of thioether (sulfide) groups is 1. The van der Waals surface area contributed by atoms with E-state index in [1.54, 1.807) is 26.1 Å². The zero-order valence-electron chi connectivity index (χ0n) is 17.1. The minimum atomic E-state index is -0.330. The third-order valence-electron chi connectivity index (χ3n) is 5.02. The molecule has 2 heterocycles. The highest BCUT2D eigenvalue weighted by molar-refractivity contribution is 8.00. The highest BCUT2D eigenvalue weighted by Crippen LogP contribution is 2.26. The van der Waals surface area contributed by atoms with E-state index in [0.29, 0.717) is 31.4 Å². The lowest BCUT2D eigenvalue weighted by atomic mass is 9.95. The van der Waals surface area contributed by atoms with Crippen molar-refractivity contribution in [2.24, 2.45) is 4.99 Å². The van der Waals surface area contributed by atoms with Gasteiger partial charge in [0.05, 0.1) is 13.2 Å². The molecule has 8 heteroatoms. The van der Waals surface area contributed by atoms with Crippen LogP contribution in [0.15, 0.2) is 4.99 Å². The first kappa shape index (κ1) is 22.3. The third kappa shape index (κ3) is 7.87.